The van der Waals surface area contributed by atoms with Gasteiger partial charge in [-0.15, -0.1) is 6.58 Å². The minimum Gasteiger partial charge on any atom is -0.461 e. The number of aliphatic hydroxyl groups excluding tert-OH is 1. The molecule has 0 spiro atoms. The van der Waals surface area contributed by atoms with E-state index in [0.717, 1.165) is 24.8 Å². The van der Waals surface area contributed by atoms with Crippen molar-refractivity contribution in [2.24, 2.45) is 29.1 Å². The molecule has 1 heterocycles. The van der Waals surface area contributed by atoms with E-state index in [-0.39, 0.29) is 35.2 Å². The molecule has 20 heavy (non-hydrogen) atoms. The Bertz CT molecular complexity index is 469. The molecule has 3 nitrogen and oxygen atoms in total. The zero-order chi connectivity index (χ0) is 14.7. The lowest BCUT2D eigenvalue weighted by atomic mass is 9.75. The van der Waals surface area contributed by atoms with Crippen LogP contribution < -0.4 is 0 Å². The Morgan fingerprint density at radius 1 is 1.65 bits per heavy atom. The topological polar surface area (TPSA) is 46.5 Å². The van der Waals surface area contributed by atoms with Crippen molar-refractivity contribution in [1.29, 1.82) is 0 Å². The molecule has 110 valence electrons. The fraction of sp³-hybridized carbons (Fsp3) is 0.706. The average molecular weight is 276 g/mol. The van der Waals surface area contributed by atoms with E-state index in [2.05, 4.69) is 20.1 Å². The highest BCUT2D eigenvalue weighted by Crippen LogP contribution is 2.72. The number of rotatable bonds is 5. The Balaban J connectivity index is 1.89. The molecule has 3 aliphatic rings. The van der Waals surface area contributed by atoms with Gasteiger partial charge in [0.25, 0.3) is 0 Å². The summed E-state index contributed by atoms with van der Waals surface area (Å²) in [6.07, 6.45) is 3.99. The van der Waals surface area contributed by atoms with Gasteiger partial charge in [0.05, 0.1) is 12.0 Å². The van der Waals surface area contributed by atoms with Crippen LogP contribution in [0.4, 0.5) is 0 Å². The molecule has 1 aliphatic heterocycles. The lowest BCUT2D eigenvalue weighted by Gasteiger charge is -2.29. The number of aliphatic hydroxyl groups is 1. The fourth-order valence-electron chi connectivity index (χ4n) is 4.66. The first-order chi connectivity index (χ1) is 9.41. The third-order valence-electron chi connectivity index (χ3n) is 5.82. The molecule has 3 heteroatoms. The van der Waals surface area contributed by atoms with Crippen molar-refractivity contribution in [3.63, 3.8) is 0 Å². The Labute approximate surface area is 120 Å². The van der Waals surface area contributed by atoms with Crippen molar-refractivity contribution in [1.82, 2.24) is 0 Å². The first-order valence-electron chi connectivity index (χ1n) is 7.56. The number of carbonyl (C=O) groups is 1. The van der Waals surface area contributed by atoms with Crippen LogP contribution in [0.3, 0.4) is 0 Å². The summed E-state index contributed by atoms with van der Waals surface area (Å²) in [5, 5.41) is 10.5. The molecule has 0 aromatic carbocycles. The number of fused-ring (bicyclic) bond motifs is 3. The predicted octanol–water partition coefficient (Wildman–Crippen LogP) is 2.70. The normalized spacial score (nSPS) is 46.4. The van der Waals surface area contributed by atoms with Gasteiger partial charge in [-0.3, -0.25) is 4.79 Å². The minimum absolute atomic E-state index is 0.00573. The van der Waals surface area contributed by atoms with Gasteiger partial charge < -0.3 is 9.84 Å². The maximum absolute atomic E-state index is 12.2. The van der Waals surface area contributed by atoms with E-state index in [1.54, 1.807) is 0 Å². The molecule has 0 unspecified atom stereocenters. The molecule has 7 atom stereocenters. The van der Waals surface area contributed by atoms with Gasteiger partial charge in [0.15, 0.2) is 0 Å². The van der Waals surface area contributed by atoms with Gasteiger partial charge in [-0.25, -0.2) is 0 Å². The van der Waals surface area contributed by atoms with Crippen LogP contribution in [-0.2, 0) is 9.53 Å². The van der Waals surface area contributed by atoms with Gasteiger partial charge in [0, 0.05) is 11.3 Å². The molecule has 1 N–H and O–H groups in total. The van der Waals surface area contributed by atoms with Gasteiger partial charge in [0.1, 0.15) is 6.10 Å². The van der Waals surface area contributed by atoms with Gasteiger partial charge >= 0.3 is 5.97 Å². The summed E-state index contributed by atoms with van der Waals surface area (Å²) in [5.74, 6) is 0.596. The van der Waals surface area contributed by atoms with Crippen LogP contribution in [0.15, 0.2) is 24.8 Å². The van der Waals surface area contributed by atoms with Gasteiger partial charge in [-0.05, 0) is 38.0 Å². The second-order valence-corrected chi connectivity index (χ2v) is 7.09. The van der Waals surface area contributed by atoms with Crippen molar-refractivity contribution < 1.29 is 14.6 Å². The van der Waals surface area contributed by atoms with E-state index in [0.29, 0.717) is 5.92 Å². The van der Waals surface area contributed by atoms with Crippen LogP contribution in [-0.4, -0.2) is 23.3 Å². The lowest BCUT2D eigenvalue weighted by Crippen LogP contribution is -2.34. The molecular formula is C17H24O3. The minimum atomic E-state index is -0.516. The van der Waals surface area contributed by atoms with Gasteiger partial charge in [0.2, 0.25) is 0 Å². The van der Waals surface area contributed by atoms with Crippen molar-refractivity contribution in [2.75, 3.05) is 0 Å². The highest BCUT2D eigenvalue weighted by molar-refractivity contribution is 5.76. The Kier molecular flexibility index (Phi) is 3.09. The average Bonchev–Trinajstić information content (AvgIpc) is 2.86. The van der Waals surface area contributed by atoms with Crippen LogP contribution in [0.2, 0.25) is 0 Å². The number of ether oxygens (including phenoxy) is 1. The standard InChI is InChI=1S/C17H24O3/c1-5-6-7-10-12-13(14(18)9(2)3)11-8-17(11,4)15(12)20-16(10)19/h5,10-15,18H,1-2,6-8H2,3-4H3/t10-,11-,12-,13+,14+,15-,17-/m0/s1. The molecule has 0 aromatic heterocycles. The summed E-state index contributed by atoms with van der Waals surface area (Å²) in [4.78, 5) is 12.2. The second kappa shape index (κ2) is 4.45. The van der Waals surface area contributed by atoms with E-state index < -0.39 is 6.10 Å². The summed E-state index contributed by atoms with van der Waals surface area (Å²) < 4.78 is 5.70. The van der Waals surface area contributed by atoms with Crippen molar-refractivity contribution in [3.05, 3.63) is 24.8 Å². The molecule has 3 rings (SSSR count). The summed E-state index contributed by atoms with van der Waals surface area (Å²) >= 11 is 0. The van der Waals surface area contributed by atoms with Crippen LogP contribution in [0, 0.1) is 29.1 Å². The number of carbonyl (C=O) groups excluding carboxylic acids is 1. The van der Waals surface area contributed by atoms with E-state index in [9.17, 15) is 9.90 Å². The molecule has 0 amide bonds. The van der Waals surface area contributed by atoms with E-state index >= 15 is 0 Å². The molecule has 0 bridgehead atoms. The molecule has 1 saturated heterocycles. The highest BCUT2D eigenvalue weighted by Gasteiger charge is 2.74. The van der Waals surface area contributed by atoms with Crippen LogP contribution >= 0.6 is 0 Å². The van der Waals surface area contributed by atoms with Crippen molar-refractivity contribution in [3.8, 4) is 0 Å². The Morgan fingerprint density at radius 2 is 2.35 bits per heavy atom. The van der Waals surface area contributed by atoms with E-state index in [4.69, 9.17) is 4.74 Å². The number of allylic oxidation sites excluding steroid dienone is 1. The molecule has 0 radical (unpaired) electrons. The molecule has 3 fully saturated rings. The summed E-state index contributed by atoms with van der Waals surface area (Å²) in [6, 6.07) is 0. The number of esters is 1. The summed E-state index contributed by atoms with van der Waals surface area (Å²) in [7, 11) is 0. The van der Waals surface area contributed by atoms with Crippen molar-refractivity contribution in [2.45, 2.75) is 45.3 Å². The Morgan fingerprint density at radius 3 is 2.95 bits per heavy atom. The maximum atomic E-state index is 12.2. The second-order valence-electron chi connectivity index (χ2n) is 7.09. The quantitative estimate of drug-likeness (QED) is 0.620. The van der Waals surface area contributed by atoms with E-state index in [1.165, 1.54) is 0 Å². The van der Waals surface area contributed by atoms with Crippen LogP contribution in [0.25, 0.3) is 0 Å². The summed E-state index contributed by atoms with van der Waals surface area (Å²) in [5.41, 5.74) is 0.886. The van der Waals surface area contributed by atoms with Crippen LogP contribution in [0.1, 0.15) is 33.1 Å². The molecule has 2 saturated carbocycles. The molecule has 0 aromatic rings. The SMILES string of the molecule is C=CCC[C@@H]1C(=O)O[C@H]2[C@@H]1[C@H]([C@H](O)C(=C)C)[C@@H]1C[C@@]12C. The maximum Gasteiger partial charge on any atom is 0.309 e. The molecular weight excluding hydrogens is 252 g/mol. The predicted molar refractivity (Wildman–Crippen MR) is 76.8 cm³/mol. The zero-order valence-electron chi connectivity index (χ0n) is 12.3. The van der Waals surface area contributed by atoms with E-state index in [1.807, 2.05) is 13.0 Å². The van der Waals surface area contributed by atoms with Crippen LogP contribution in [0.5, 0.6) is 0 Å². The third-order valence-corrected chi connectivity index (χ3v) is 5.82. The van der Waals surface area contributed by atoms with Gasteiger partial charge in [-0.1, -0.05) is 25.2 Å². The van der Waals surface area contributed by atoms with Gasteiger partial charge in [-0.2, -0.15) is 0 Å². The lowest BCUT2D eigenvalue weighted by molar-refractivity contribution is -0.146. The smallest absolute Gasteiger partial charge is 0.309 e. The monoisotopic (exact) mass is 276 g/mol. The first kappa shape index (κ1) is 13.9. The highest BCUT2D eigenvalue weighted by atomic mass is 16.6. The number of hydrogen-bond acceptors (Lipinski definition) is 3. The largest absolute Gasteiger partial charge is 0.461 e. The first-order valence-corrected chi connectivity index (χ1v) is 7.56. The van der Waals surface area contributed by atoms with Crippen molar-refractivity contribution >= 4 is 5.97 Å². The zero-order valence-corrected chi connectivity index (χ0v) is 12.3. The third kappa shape index (κ3) is 1.72. The molecule has 2 aliphatic carbocycles. The summed E-state index contributed by atoms with van der Waals surface area (Å²) in [6.45, 7) is 11.7. The fourth-order valence-corrected chi connectivity index (χ4v) is 4.66. The Hall–Kier alpha value is -1.09. The number of hydrogen-bond donors (Lipinski definition) is 1.